The number of rotatable bonds is 3. The molecule has 0 saturated heterocycles. The van der Waals surface area contributed by atoms with E-state index < -0.39 is 46.7 Å². The molecule has 122 valence electrons. The van der Waals surface area contributed by atoms with E-state index in [0.717, 1.165) is 5.56 Å². The first-order chi connectivity index (χ1) is 10.7. The van der Waals surface area contributed by atoms with Crippen LogP contribution >= 0.6 is 0 Å². The SMILES string of the molecule is Cc1ccc([C@@H](C)C(=O)Oc2c(F)c(F)c(F)c(F)c2F)cc1. The average Bonchev–Trinajstić information content (AvgIpc) is 2.55. The van der Waals surface area contributed by atoms with Gasteiger partial charge in [-0.15, -0.1) is 0 Å². The maximum Gasteiger partial charge on any atom is 0.318 e. The van der Waals surface area contributed by atoms with Gasteiger partial charge in [0, 0.05) is 0 Å². The highest BCUT2D eigenvalue weighted by molar-refractivity contribution is 5.80. The van der Waals surface area contributed by atoms with Crippen LogP contribution in [-0.2, 0) is 4.79 Å². The lowest BCUT2D eigenvalue weighted by molar-refractivity contribution is -0.136. The number of aryl methyl sites for hydroxylation is 1. The minimum atomic E-state index is -2.31. The average molecular weight is 330 g/mol. The zero-order valence-corrected chi connectivity index (χ0v) is 12.1. The number of ether oxygens (including phenoxy) is 1. The summed E-state index contributed by atoms with van der Waals surface area (Å²) in [7, 11) is 0. The fraction of sp³-hybridized carbons (Fsp3) is 0.188. The van der Waals surface area contributed by atoms with Crippen molar-refractivity contribution in [1.29, 1.82) is 0 Å². The fourth-order valence-corrected chi connectivity index (χ4v) is 1.85. The molecule has 1 atom stereocenters. The molecule has 0 aliphatic heterocycles. The van der Waals surface area contributed by atoms with Gasteiger partial charge < -0.3 is 4.74 Å². The van der Waals surface area contributed by atoms with Crippen LogP contribution in [0, 0.1) is 36.0 Å². The summed E-state index contributed by atoms with van der Waals surface area (Å²) in [6, 6.07) is 6.61. The quantitative estimate of drug-likeness (QED) is 0.274. The van der Waals surface area contributed by atoms with Crippen molar-refractivity contribution in [3.63, 3.8) is 0 Å². The fourth-order valence-electron chi connectivity index (χ4n) is 1.85. The Hall–Kier alpha value is -2.44. The number of hydrogen-bond acceptors (Lipinski definition) is 2. The third-order valence-corrected chi connectivity index (χ3v) is 3.30. The van der Waals surface area contributed by atoms with Crippen molar-refractivity contribution in [2.75, 3.05) is 0 Å². The van der Waals surface area contributed by atoms with Crippen molar-refractivity contribution < 1.29 is 31.5 Å². The minimum Gasteiger partial charge on any atom is -0.420 e. The van der Waals surface area contributed by atoms with Crippen molar-refractivity contribution >= 4 is 5.97 Å². The lowest BCUT2D eigenvalue weighted by Gasteiger charge is -2.13. The number of carbonyl (C=O) groups excluding carboxylic acids is 1. The van der Waals surface area contributed by atoms with E-state index in [9.17, 15) is 26.7 Å². The second-order valence-corrected chi connectivity index (χ2v) is 4.95. The monoisotopic (exact) mass is 330 g/mol. The predicted molar refractivity (Wildman–Crippen MR) is 71.5 cm³/mol. The first-order valence-electron chi connectivity index (χ1n) is 6.53. The molecule has 0 radical (unpaired) electrons. The summed E-state index contributed by atoms with van der Waals surface area (Å²) >= 11 is 0. The summed E-state index contributed by atoms with van der Waals surface area (Å²) in [5.41, 5.74) is 1.40. The molecule has 23 heavy (non-hydrogen) atoms. The van der Waals surface area contributed by atoms with E-state index in [4.69, 9.17) is 0 Å². The van der Waals surface area contributed by atoms with Crippen LogP contribution < -0.4 is 4.74 Å². The Morgan fingerprint density at radius 1 is 0.870 bits per heavy atom. The molecular formula is C16H11F5O2. The van der Waals surface area contributed by atoms with Crippen LogP contribution in [-0.4, -0.2) is 5.97 Å². The molecular weight excluding hydrogens is 319 g/mol. The standard InChI is InChI=1S/C16H11F5O2/c1-7-3-5-9(6-4-7)8(2)16(22)23-15-13(20)11(18)10(17)12(19)14(15)21/h3-6,8H,1-2H3/t8-/m1/s1. The van der Waals surface area contributed by atoms with Gasteiger partial charge >= 0.3 is 5.97 Å². The summed E-state index contributed by atoms with van der Waals surface area (Å²) in [6.45, 7) is 3.21. The molecule has 0 heterocycles. The van der Waals surface area contributed by atoms with Gasteiger partial charge in [-0.05, 0) is 19.4 Å². The molecule has 0 N–H and O–H groups in total. The van der Waals surface area contributed by atoms with E-state index in [1.54, 1.807) is 24.3 Å². The highest BCUT2D eigenvalue weighted by Gasteiger charge is 2.30. The Morgan fingerprint density at radius 3 is 1.78 bits per heavy atom. The normalized spacial score (nSPS) is 12.1. The Labute approximate surface area is 128 Å². The number of benzene rings is 2. The largest absolute Gasteiger partial charge is 0.420 e. The van der Waals surface area contributed by atoms with E-state index >= 15 is 0 Å². The minimum absolute atomic E-state index is 0.476. The molecule has 2 rings (SSSR count). The van der Waals surface area contributed by atoms with Gasteiger partial charge in [0.05, 0.1) is 5.92 Å². The second-order valence-electron chi connectivity index (χ2n) is 4.95. The van der Waals surface area contributed by atoms with Gasteiger partial charge in [0.2, 0.25) is 34.8 Å². The Bertz CT molecular complexity index is 727. The molecule has 0 unspecified atom stereocenters. The molecule has 0 aromatic heterocycles. The zero-order valence-electron chi connectivity index (χ0n) is 12.1. The zero-order chi connectivity index (χ0) is 17.3. The van der Waals surface area contributed by atoms with Crippen LogP contribution in [0.4, 0.5) is 22.0 Å². The number of hydrogen-bond donors (Lipinski definition) is 0. The number of carbonyl (C=O) groups is 1. The molecule has 0 spiro atoms. The van der Waals surface area contributed by atoms with Crippen molar-refractivity contribution in [3.8, 4) is 5.75 Å². The molecule has 0 aliphatic rings. The molecule has 2 nitrogen and oxygen atoms in total. The van der Waals surface area contributed by atoms with Gasteiger partial charge in [-0.1, -0.05) is 29.8 Å². The molecule has 0 bridgehead atoms. The van der Waals surface area contributed by atoms with E-state index in [2.05, 4.69) is 4.74 Å². The van der Waals surface area contributed by atoms with Crippen molar-refractivity contribution in [2.24, 2.45) is 0 Å². The van der Waals surface area contributed by atoms with Crippen LogP contribution in [0.15, 0.2) is 24.3 Å². The van der Waals surface area contributed by atoms with Crippen molar-refractivity contribution in [2.45, 2.75) is 19.8 Å². The molecule has 0 fully saturated rings. The van der Waals surface area contributed by atoms with Crippen molar-refractivity contribution in [3.05, 3.63) is 64.5 Å². The van der Waals surface area contributed by atoms with Gasteiger partial charge in [0.1, 0.15) is 0 Å². The third-order valence-electron chi connectivity index (χ3n) is 3.30. The molecule has 0 amide bonds. The van der Waals surface area contributed by atoms with Crippen LogP contribution in [0.25, 0.3) is 0 Å². The number of halogens is 5. The van der Waals surface area contributed by atoms with Crippen LogP contribution in [0.2, 0.25) is 0 Å². The molecule has 2 aromatic rings. The first kappa shape index (κ1) is 16.9. The van der Waals surface area contributed by atoms with E-state index in [1.807, 2.05) is 6.92 Å². The molecule has 2 aromatic carbocycles. The highest BCUT2D eigenvalue weighted by Crippen LogP contribution is 2.30. The van der Waals surface area contributed by atoms with Crippen LogP contribution in [0.3, 0.4) is 0 Å². The second kappa shape index (κ2) is 6.36. The molecule has 7 heteroatoms. The topological polar surface area (TPSA) is 26.3 Å². The summed E-state index contributed by atoms with van der Waals surface area (Å²) in [5.74, 6) is -14.7. The van der Waals surface area contributed by atoms with Gasteiger partial charge in [-0.3, -0.25) is 4.79 Å². The Morgan fingerprint density at radius 2 is 1.30 bits per heavy atom. The van der Waals surface area contributed by atoms with Crippen molar-refractivity contribution in [1.82, 2.24) is 0 Å². The Kier molecular flexibility index (Phi) is 4.68. The van der Waals surface area contributed by atoms with Gasteiger partial charge in [-0.25, -0.2) is 13.2 Å². The summed E-state index contributed by atoms with van der Waals surface area (Å²) in [4.78, 5) is 11.9. The van der Waals surface area contributed by atoms with Gasteiger partial charge in [0.25, 0.3) is 0 Å². The van der Waals surface area contributed by atoms with E-state index in [1.165, 1.54) is 6.92 Å². The molecule has 0 saturated carbocycles. The van der Waals surface area contributed by atoms with E-state index in [0.29, 0.717) is 5.56 Å². The number of esters is 1. The highest BCUT2D eigenvalue weighted by atomic mass is 19.2. The lowest BCUT2D eigenvalue weighted by Crippen LogP contribution is -2.19. The first-order valence-corrected chi connectivity index (χ1v) is 6.53. The summed E-state index contributed by atoms with van der Waals surface area (Å²) in [5, 5.41) is 0. The third kappa shape index (κ3) is 3.18. The maximum atomic E-state index is 13.5. The lowest BCUT2D eigenvalue weighted by atomic mass is 10.0. The smallest absolute Gasteiger partial charge is 0.318 e. The van der Waals surface area contributed by atoms with E-state index in [-0.39, 0.29) is 0 Å². The van der Waals surface area contributed by atoms with Gasteiger partial charge in [-0.2, -0.15) is 8.78 Å². The van der Waals surface area contributed by atoms with Crippen LogP contribution in [0.5, 0.6) is 5.75 Å². The van der Waals surface area contributed by atoms with Crippen LogP contribution in [0.1, 0.15) is 24.0 Å². The molecule has 0 aliphatic carbocycles. The summed E-state index contributed by atoms with van der Waals surface area (Å²) < 4.78 is 70.4. The van der Waals surface area contributed by atoms with Gasteiger partial charge in [0.15, 0.2) is 0 Å². The maximum absolute atomic E-state index is 13.5. The summed E-state index contributed by atoms with van der Waals surface area (Å²) in [6.07, 6.45) is 0. The Balaban J connectivity index is 2.32. The predicted octanol–water partition coefficient (Wildman–Crippen LogP) is 4.40.